The number of aldehydes is 1. The van der Waals surface area contributed by atoms with Crippen molar-refractivity contribution in [1.29, 1.82) is 5.26 Å². The number of aliphatic hydroxyl groups is 2. The van der Waals surface area contributed by atoms with Gasteiger partial charge in [0.25, 0.3) is 0 Å². The smallest absolute Gasteiger partial charge is 1.00 e. The van der Waals surface area contributed by atoms with Gasteiger partial charge in [-0.3, -0.25) is 13.9 Å². The molecule has 0 saturated heterocycles. The predicted octanol–water partition coefficient (Wildman–Crippen LogP) is -4.32. The van der Waals surface area contributed by atoms with Gasteiger partial charge in [0.2, 0.25) is 0 Å². The van der Waals surface area contributed by atoms with E-state index in [9.17, 15) is 4.79 Å². The molecule has 0 unspecified atom stereocenters. The topological polar surface area (TPSA) is 311 Å². The van der Waals surface area contributed by atoms with Gasteiger partial charge in [0.15, 0.2) is 6.29 Å². The van der Waals surface area contributed by atoms with Crippen LogP contribution < -0.4 is 46.8 Å². The van der Waals surface area contributed by atoms with E-state index in [0.29, 0.717) is 28.8 Å². The van der Waals surface area contributed by atoms with E-state index >= 15 is 0 Å². The molecule has 37 heavy (non-hydrogen) atoms. The molecule has 0 amide bonds. The number of aromatic nitrogens is 6. The van der Waals surface area contributed by atoms with E-state index in [1.807, 2.05) is 6.07 Å². The number of nitrogen functional groups attached to an aromatic ring is 3. The monoisotopic (exact) mass is 549 g/mol. The van der Waals surface area contributed by atoms with Crippen LogP contribution in [0.3, 0.4) is 0 Å². The number of hydrogen-bond donors (Lipinski definition) is 7. The molecule has 3 heterocycles. The first-order valence-electron chi connectivity index (χ1n) is 8.29. The van der Waals surface area contributed by atoms with Crippen LogP contribution in [0.15, 0.2) is 37.6 Å². The normalized spacial score (nSPS) is 8.22. The molecule has 0 aromatic carbocycles. The Hall–Kier alpha value is -3.35. The average molecular weight is 549 g/mol. The zero-order valence-corrected chi connectivity index (χ0v) is 21.9. The number of carbonyl (C=O) groups is 1. The summed E-state index contributed by atoms with van der Waals surface area (Å²) in [6, 6.07) is 1.85. The minimum atomic E-state index is -4.67. The fourth-order valence-electron chi connectivity index (χ4n) is 1.36. The summed E-state index contributed by atoms with van der Waals surface area (Å²) in [6.45, 7) is -0.104. The molecule has 0 aliphatic carbocycles. The van der Waals surface area contributed by atoms with Crippen molar-refractivity contribution < 1.29 is 63.5 Å². The van der Waals surface area contributed by atoms with E-state index in [4.69, 9.17) is 50.2 Å². The van der Waals surface area contributed by atoms with E-state index in [-0.39, 0.29) is 65.1 Å². The second-order valence-corrected chi connectivity index (χ2v) is 5.85. The Morgan fingerprint density at radius 3 is 1.62 bits per heavy atom. The van der Waals surface area contributed by atoms with Crippen molar-refractivity contribution in [3.63, 3.8) is 0 Å². The van der Waals surface area contributed by atoms with Crippen molar-refractivity contribution in [1.82, 2.24) is 29.9 Å². The SMILES string of the molecule is C.CO.N#Cc1cncnc1N.Nc1ncncc1C=O.Nc1ncncc1CO.O=S(=O)(O)O.[B].[H-].[Na+]. The number of anilines is 3. The Bertz CT molecular complexity index is 1150. The molecule has 3 rings (SSSR count). The van der Waals surface area contributed by atoms with Crippen LogP contribution in [0.1, 0.15) is 30.3 Å². The molecule has 0 aliphatic heterocycles. The summed E-state index contributed by atoms with van der Waals surface area (Å²) in [5.41, 5.74) is 17.0. The number of aliphatic hydroxyl groups excluding tert-OH is 2. The summed E-state index contributed by atoms with van der Waals surface area (Å²) in [4.78, 5) is 31.8. The second-order valence-electron chi connectivity index (χ2n) is 4.95. The number of nitrogens with zero attached hydrogens (tertiary/aromatic N) is 7. The molecule has 0 atom stereocenters. The Morgan fingerprint density at radius 2 is 1.35 bits per heavy atom. The van der Waals surface area contributed by atoms with Crippen molar-refractivity contribution in [2.24, 2.45) is 0 Å². The van der Waals surface area contributed by atoms with Gasteiger partial charge >= 0.3 is 40.0 Å². The summed E-state index contributed by atoms with van der Waals surface area (Å²) in [5.74, 6) is 0.792. The van der Waals surface area contributed by atoms with Crippen LogP contribution in [0.2, 0.25) is 0 Å². The van der Waals surface area contributed by atoms with Crippen LogP contribution in [0, 0.1) is 11.3 Å². The van der Waals surface area contributed by atoms with Gasteiger partial charge < -0.3 is 28.8 Å². The van der Waals surface area contributed by atoms with Crippen molar-refractivity contribution in [3.8, 4) is 6.07 Å². The van der Waals surface area contributed by atoms with Crippen LogP contribution in [-0.4, -0.2) is 79.4 Å². The van der Waals surface area contributed by atoms with Crippen LogP contribution >= 0.6 is 0 Å². The maximum absolute atomic E-state index is 10.1. The molecular weight excluding hydrogens is 522 g/mol. The van der Waals surface area contributed by atoms with Gasteiger partial charge in [-0.25, -0.2) is 29.9 Å². The van der Waals surface area contributed by atoms with Crippen molar-refractivity contribution in [3.05, 3.63) is 54.3 Å². The van der Waals surface area contributed by atoms with E-state index in [1.54, 1.807) is 0 Å². The van der Waals surface area contributed by atoms with E-state index < -0.39 is 10.4 Å². The molecule has 20 heteroatoms. The summed E-state index contributed by atoms with van der Waals surface area (Å²) >= 11 is 0. The first-order valence-corrected chi connectivity index (χ1v) is 9.69. The number of rotatable bonds is 2. The van der Waals surface area contributed by atoms with Crippen LogP contribution in [0.4, 0.5) is 17.5 Å². The van der Waals surface area contributed by atoms with Gasteiger partial charge in [0.1, 0.15) is 48.1 Å². The Labute approximate surface area is 239 Å². The minimum absolute atomic E-state index is 0. The molecule has 17 nitrogen and oxygen atoms in total. The molecule has 3 aromatic heterocycles. The third-order valence-electron chi connectivity index (χ3n) is 2.76. The standard InChI is InChI=1S/C5H4N4.C5H7N3O.C5H5N3O.CH4O.CH4.B.Na.H2O4S.H/c6-1-4-2-8-3-9-5(4)7;2*6-5-4(2-9)1-7-3-8-5;1-2;;;;1-5(2,3)4;/h2-3H,(H2,7,8,9);1,3,9H,2H2,(H2,6,7,8);1-3H,(H2,6,7,8);2H,1H3;1H4;;;(H2,1,2,3,4);/q;;;;;;+1;;-1. The van der Waals surface area contributed by atoms with Crippen molar-refractivity contribution in [2.75, 3.05) is 24.3 Å². The Morgan fingerprint density at radius 1 is 0.946 bits per heavy atom. The van der Waals surface area contributed by atoms with Crippen LogP contribution in [0.5, 0.6) is 0 Å². The van der Waals surface area contributed by atoms with Crippen LogP contribution in [0.25, 0.3) is 0 Å². The van der Waals surface area contributed by atoms with E-state index in [1.165, 1.54) is 37.6 Å². The second kappa shape index (κ2) is 25.7. The number of hydrogen-bond acceptors (Lipinski definition) is 15. The molecule has 10 N–H and O–H groups in total. The first kappa shape index (κ1) is 43.7. The van der Waals surface area contributed by atoms with Crippen molar-refractivity contribution in [2.45, 2.75) is 14.0 Å². The number of nitriles is 1. The third kappa shape index (κ3) is 24.1. The van der Waals surface area contributed by atoms with Gasteiger partial charge in [0, 0.05) is 33.5 Å². The Balaban J connectivity index is -0.0000000864. The van der Waals surface area contributed by atoms with Gasteiger partial charge in [-0.1, -0.05) is 7.43 Å². The fraction of sp³-hybridized carbons (Fsp3) is 0.176. The average Bonchev–Trinajstić information content (AvgIpc) is 2.81. The summed E-state index contributed by atoms with van der Waals surface area (Å²) in [5, 5.41) is 23.9. The molecule has 0 aliphatic rings. The molecule has 0 spiro atoms. The quantitative estimate of drug-likeness (QED) is 0.0902. The number of carbonyl (C=O) groups excluding carboxylic acids is 1. The molecular formula is C17H27BN10NaO7S. The van der Waals surface area contributed by atoms with Crippen molar-refractivity contribution >= 4 is 42.6 Å². The van der Waals surface area contributed by atoms with Gasteiger partial charge in [-0.15, -0.1) is 0 Å². The van der Waals surface area contributed by atoms with Gasteiger partial charge in [0.05, 0.1) is 18.4 Å². The first-order chi connectivity index (χ1) is 16.0. The molecule has 3 radical (unpaired) electrons. The Kier molecular flexibility index (Phi) is 30.4. The number of nitrogens with two attached hydrogens (primary N) is 3. The predicted molar refractivity (Wildman–Crippen MR) is 131 cm³/mol. The minimum Gasteiger partial charge on any atom is -1.00 e. The molecule has 0 bridgehead atoms. The van der Waals surface area contributed by atoms with Crippen LogP contribution in [-0.2, 0) is 17.0 Å². The summed E-state index contributed by atoms with van der Waals surface area (Å²) < 4.78 is 31.6. The zero-order valence-electron chi connectivity index (χ0n) is 20.1. The largest absolute Gasteiger partial charge is 1.00 e. The maximum Gasteiger partial charge on any atom is 1.00 e. The van der Waals surface area contributed by atoms with E-state index in [2.05, 4.69) is 29.9 Å². The van der Waals surface area contributed by atoms with Gasteiger partial charge in [-0.2, -0.15) is 13.7 Å². The molecule has 0 saturated carbocycles. The molecule has 3 aromatic rings. The maximum atomic E-state index is 10.1. The molecule has 197 valence electrons. The third-order valence-corrected chi connectivity index (χ3v) is 2.76. The summed E-state index contributed by atoms with van der Waals surface area (Å²) in [6.07, 6.45) is 8.79. The van der Waals surface area contributed by atoms with E-state index in [0.717, 1.165) is 7.11 Å². The molecule has 0 fully saturated rings. The fourth-order valence-corrected chi connectivity index (χ4v) is 1.36. The van der Waals surface area contributed by atoms with Gasteiger partial charge in [-0.05, 0) is 0 Å². The zero-order chi connectivity index (χ0) is 26.6. The summed E-state index contributed by atoms with van der Waals surface area (Å²) in [7, 11) is -3.67.